The topological polar surface area (TPSA) is 24.1 Å². The molecular weight excluding hydrogens is 112 g/mol. The number of hydrogen-bond acceptors (Lipinski definition) is 2. The maximum atomic E-state index is 3.48. The van der Waals surface area contributed by atoms with Gasteiger partial charge < -0.3 is 5.32 Å². The van der Waals surface area contributed by atoms with Crippen LogP contribution in [0, 0.1) is 0 Å². The Morgan fingerprint density at radius 3 is 2.44 bits per heavy atom. The lowest BCUT2D eigenvalue weighted by Gasteiger charge is -2.08. The minimum absolute atomic E-state index is 0.579. The Labute approximate surface area is 57.0 Å². The first-order valence-electron chi connectivity index (χ1n) is 3.86. The Morgan fingerprint density at radius 2 is 2.11 bits per heavy atom. The van der Waals surface area contributed by atoms with Gasteiger partial charge in [0.1, 0.15) is 0 Å². The smallest absolute Gasteiger partial charge is 0.0572 e. The molecule has 2 N–H and O–H groups in total. The molecule has 54 valence electrons. The summed E-state index contributed by atoms with van der Waals surface area (Å²) in [6.45, 7) is 5.56. The molecule has 0 aromatic rings. The van der Waals surface area contributed by atoms with Crippen LogP contribution in [0.1, 0.15) is 26.7 Å². The van der Waals surface area contributed by atoms with Gasteiger partial charge in [-0.3, -0.25) is 5.32 Å². The average Bonchev–Trinajstić information content (AvgIpc) is 2.34. The molecule has 2 nitrogen and oxygen atoms in total. The molecule has 0 aromatic carbocycles. The van der Waals surface area contributed by atoms with Crippen LogP contribution in [0.15, 0.2) is 0 Å². The predicted molar refractivity (Wildman–Crippen MR) is 39.3 cm³/mol. The Kier molecular flexibility index (Phi) is 2.49. The van der Waals surface area contributed by atoms with E-state index in [1.165, 1.54) is 12.8 Å². The van der Waals surface area contributed by atoms with Gasteiger partial charge in [-0.05, 0) is 12.8 Å². The molecule has 1 aliphatic heterocycles. The Bertz CT molecular complexity index is 73.0. The molecule has 2 heteroatoms. The van der Waals surface area contributed by atoms with Crippen LogP contribution in [-0.4, -0.2) is 18.8 Å². The van der Waals surface area contributed by atoms with E-state index in [0.717, 1.165) is 12.6 Å². The van der Waals surface area contributed by atoms with Gasteiger partial charge >= 0.3 is 0 Å². The quantitative estimate of drug-likeness (QED) is 0.572. The standard InChI is InChI=1S/C7H16N2/c1-3-6-5-8-7(4-2)9-6/h6-9H,3-5H2,1-2H3. The third kappa shape index (κ3) is 1.66. The van der Waals surface area contributed by atoms with Crippen molar-refractivity contribution in [2.24, 2.45) is 0 Å². The van der Waals surface area contributed by atoms with Gasteiger partial charge in [-0.2, -0.15) is 0 Å². The molecule has 0 spiro atoms. The first kappa shape index (κ1) is 7.03. The van der Waals surface area contributed by atoms with Crippen molar-refractivity contribution in [2.75, 3.05) is 6.54 Å². The van der Waals surface area contributed by atoms with E-state index >= 15 is 0 Å². The number of nitrogens with one attached hydrogen (secondary N) is 2. The molecule has 1 saturated heterocycles. The Balaban J connectivity index is 2.20. The Hall–Kier alpha value is -0.0800. The molecule has 0 amide bonds. The van der Waals surface area contributed by atoms with E-state index in [4.69, 9.17) is 0 Å². The van der Waals surface area contributed by atoms with Crippen LogP contribution in [0.25, 0.3) is 0 Å². The highest BCUT2D eigenvalue weighted by Crippen LogP contribution is 2.00. The van der Waals surface area contributed by atoms with E-state index in [0.29, 0.717) is 6.17 Å². The minimum atomic E-state index is 0.579. The highest BCUT2D eigenvalue weighted by atomic mass is 15.2. The van der Waals surface area contributed by atoms with Gasteiger partial charge in [-0.15, -0.1) is 0 Å². The summed E-state index contributed by atoms with van der Waals surface area (Å²) in [4.78, 5) is 0. The van der Waals surface area contributed by atoms with E-state index in [2.05, 4.69) is 24.5 Å². The highest BCUT2D eigenvalue weighted by Gasteiger charge is 2.18. The molecule has 0 radical (unpaired) electrons. The first-order valence-corrected chi connectivity index (χ1v) is 3.86. The maximum absolute atomic E-state index is 3.48. The summed E-state index contributed by atoms with van der Waals surface area (Å²) < 4.78 is 0. The lowest BCUT2D eigenvalue weighted by atomic mass is 10.2. The number of hydrogen-bond donors (Lipinski definition) is 2. The monoisotopic (exact) mass is 128 g/mol. The fraction of sp³-hybridized carbons (Fsp3) is 1.00. The van der Waals surface area contributed by atoms with Crippen LogP contribution in [0.5, 0.6) is 0 Å². The normalized spacial score (nSPS) is 35.3. The third-order valence-corrected chi connectivity index (χ3v) is 1.95. The minimum Gasteiger partial charge on any atom is -0.300 e. The third-order valence-electron chi connectivity index (χ3n) is 1.95. The summed E-state index contributed by atoms with van der Waals surface area (Å²) in [6, 6.07) is 0.718. The molecule has 1 heterocycles. The van der Waals surface area contributed by atoms with Gasteiger partial charge in [0.05, 0.1) is 6.17 Å². The molecular formula is C7H16N2. The molecule has 2 unspecified atom stereocenters. The zero-order valence-corrected chi connectivity index (χ0v) is 6.28. The van der Waals surface area contributed by atoms with Crippen LogP contribution >= 0.6 is 0 Å². The number of rotatable bonds is 2. The van der Waals surface area contributed by atoms with Crippen molar-refractivity contribution < 1.29 is 0 Å². The molecule has 0 bridgehead atoms. The van der Waals surface area contributed by atoms with Crippen molar-refractivity contribution in [2.45, 2.75) is 38.9 Å². The zero-order valence-electron chi connectivity index (χ0n) is 6.28. The second kappa shape index (κ2) is 3.18. The van der Waals surface area contributed by atoms with Crippen molar-refractivity contribution in [1.29, 1.82) is 0 Å². The van der Waals surface area contributed by atoms with Crippen LogP contribution in [0.4, 0.5) is 0 Å². The molecule has 0 aliphatic carbocycles. The van der Waals surface area contributed by atoms with Gasteiger partial charge in [0.2, 0.25) is 0 Å². The van der Waals surface area contributed by atoms with Gasteiger partial charge in [0.15, 0.2) is 0 Å². The van der Waals surface area contributed by atoms with Crippen molar-refractivity contribution >= 4 is 0 Å². The van der Waals surface area contributed by atoms with Gasteiger partial charge in [-0.1, -0.05) is 13.8 Å². The van der Waals surface area contributed by atoms with E-state index in [1.54, 1.807) is 0 Å². The highest BCUT2D eigenvalue weighted by molar-refractivity contribution is 4.80. The van der Waals surface area contributed by atoms with Gasteiger partial charge in [-0.25, -0.2) is 0 Å². The van der Waals surface area contributed by atoms with E-state index in [-0.39, 0.29) is 0 Å². The van der Waals surface area contributed by atoms with Crippen molar-refractivity contribution in [3.8, 4) is 0 Å². The lowest BCUT2D eigenvalue weighted by molar-refractivity contribution is 0.501. The zero-order chi connectivity index (χ0) is 6.69. The summed E-state index contributed by atoms with van der Waals surface area (Å²) in [5.74, 6) is 0. The molecule has 1 rings (SSSR count). The van der Waals surface area contributed by atoms with E-state index < -0.39 is 0 Å². The van der Waals surface area contributed by atoms with Gasteiger partial charge in [0, 0.05) is 12.6 Å². The fourth-order valence-electron chi connectivity index (χ4n) is 1.21. The lowest BCUT2D eigenvalue weighted by Crippen LogP contribution is -2.32. The summed E-state index contributed by atoms with van der Waals surface area (Å²) in [7, 11) is 0. The van der Waals surface area contributed by atoms with Crippen LogP contribution in [0.2, 0.25) is 0 Å². The Morgan fingerprint density at radius 1 is 1.33 bits per heavy atom. The molecule has 2 atom stereocenters. The fourth-order valence-corrected chi connectivity index (χ4v) is 1.21. The second-order valence-corrected chi connectivity index (χ2v) is 2.64. The summed E-state index contributed by atoms with van der Waals surface area (Å²) in [5.41, 5.74) is 0. The average molecular weight is 128 g/mol. The predicted octanol–water partition coefficient (Wildman–Crippen LogP) is 0.694. The van der Waals surface area contributed by atoms with Crippen LogP contribution in [0.3, 0.4) is 0 Å². The maximum Gasteiger partial charge on any atom is 0.0572 e. The summed E-state index contributed by atoms with van der Waals surface area (Å²) >= 11 is 0. The van der Waals surface area contributed by atoms with Crippen molar-refractivity contribution in [3.63, 3.8) is 0 Å². The van der Waals surface area contributed by atoms with Crippen molar-refractivity contribution in [1.82, 2.24) is 10.6 Å². The SMILES string of the molecule is CCC1CNC(CC)N1. The van der Waals surface area contributed by atoms with Crippen LogP contribution in [-0.2, 0) is 0 Å². The molecule has 0 aromatic heterocycles. The molecule has 1 aliphatic rings. The van der Waals surface area contributed by atoms with E-state index in [1.807, 2.05) is 0 Å². The van der Waals surface area contributed by atoms with Crippen molar-refractivity contribution in [3.05, 3.63) is 0 Å². The first-order chi connectivity index (χ1) is 4.36. The van der Waals surface area contributed by atoms with Crippen LogP contribution < -0.4 is 10.6 Å². The molecule has 0 saturated carbocycles. The second-order valence-electron chi connectivity index (χ2n) is 2.64. The van der Waals surface area contributed by atoms with E-state index in [9.17, 15) is 0 Å². The summed E-state index contributed by atoms with van der Waals surface area (Å²) in [6.07, 6.45) is 3.01. The molecule has 1 fully saturated rings. The summed E-state index contributed by atoms with van der Waals surface area (Å²) in [5, 5.41) is 6.88. The largest absolute Gasteiger partial charge is 0.300 e. The van der Waals surface area contributed by atoms with Gasteiger partial charge in [0.25, 0.3) is 0 Å². The molecule has 9 heavy (non-hydrogen) atoms.